The molecule has 0 spiro atoms. The number of sulfone groups is 1. The van der Waals surface area contributed by atoms with Crippen LogP contribution in [0.3, 0.4) is 0 Å². The lowest BCUT2D eigenvalue weighted by Gasteiger charge is -2.18. The van der Waals surface area contributed by atoms with E-state index < -0.39 is 41.0 Å². The Morgan fingerprint density at radius 1 is 0.886 bits per heavy atom. The summed E-state index contributed by atoms with van der Waals surface area (Å²) in [4.78, 5) is 0. The molecule has 4 atom stereocenters. The largest absolute Gasteiger partial charge is 0.391 e. The number of aliphatic hydroxyl groups is 1. The molecule has 3 N–H and O–H groups in total. The van der Waals surface area contributed by atoms with Gasteiger partial charge in [-0.15, -0.1) is 0 Å². The molecule has 0 fully saturated rings. The molecule has 0 saturated heterocycles. The second kappa shape index (κ2) is 11.7. The molecule has 2 aliphatic rings. The number of rotatable bonds is 4. The highest BCUT2D eigenvalue weighted by Gasteiger charge is 2.37. The molecule has 196 valence electrons. The van der Waals surface area contributed by atoms with Crippen LogP contribution in [0.5, 0.6) is 0 Å². The molecule has 2 aromatic rings. The zero-order chi connectivity index (χ0) is 26.6. The molecule has 4 rings (SSSR count). The van der Waals surface area contributed by atoms with Crippen LogP contribution in [-0.4, -0.2) is 67.1 Å². The molecule has 0 saturated carbocycles. The number of benzene rings is 2. The number of hydrogen-bond donors (Lipinski definition) is 2. The van der Waals surface area contributed by atoms with E-state index in [1.54, 1.807) is 0 Å². The Hall–Kier alpha value is -1.54. The molecule has 0 aromatic heterocycles. The number of aliphatic hydroxyl groups excluding tert-OH is 1. The average molecular weight is 568 g/mol. The van der Waals surface area contributed by atoms with Crippen molar-refractivity contribution in [2.24, 2.45) is 5.73 Å². The molecule has 0 amide bonds. The van der Waals surface area contributed by atoms with Gasteiger partial charge in [0.25, 0.3) is 10.1 Å². The minimum absolute atomic E-state index is 0.107. The smallest absolute Gasteiger partial charge is 0.264 e. The van der Waals surface area contributed by atoms with Crippen LogP contribution < -0.4 is 5.73 Å². The van der Waals surface area contributed by atoms with Gasteiger partial charge in [0.2, 0.25) is 9.05 Å². The third-order valence-corrected chi connectivity index (χ3v) is 6.92. The van der Waals surface area contributed by atoms with Gasteiger partial charge in [0.05, 0.1) is 36.5 Å². The molecule has 35 heavy (non-hydrogen) atoms. The summed E-state index contributed by atoms with van der Waals surface area (Å²) < 4.78 is 69.4. The molecular formula is C22H30ClNO8S3. The van der Waals surface area contributed by atoms with Crippen molar-refractivity contribution in [3.63, 3.8) is 0 Å². The van der Waals surface area contributed by atoms with E-state index in [0.29, 0.717) is 12.8 Å². The van der Waals surface area contributed by atoms with Crippen LogP contribution in [0.4, 0.5) is 0 Å². The van der Waals surface area contributed by atoms with E-state index in [0.717, 1.165) is 35.5 Å². The van der Waals surface area contributed by atoms with Gasteiger partial charge in [0, 0.05) is 35.7 Å². The summed E-state index contributed by atoms with van der Waals surface area (Å²) in [5, 5.41) is 9.39. The average Bonchev–Trinajstić information content (AvgIpc) is 3.16. The van der Waals surface area contributed by atoms with Gasteiger partial charge in [-0.2, -0.15) is 8.42 Å². The molecule has 0 radical (unpaired) electrons. The third kappa shape index (κ3) is 10.2. The topological polar surface area (TPSA) is 158 Å². The second-order valence-corrected chi connectivity index (χ2v) is 15.4. The Kier molecular flexibility index (Phi) is 9.90. The van der Waals surface area contributed by atoms with Crippen molar-refractivity contribution in [1.82, 2.24) is 0 Å². The van der Waals surface area contributed by atoms with Crippen LogP contribution in [0.2, 0.25) is 0 Å². The summed E-state index contributed by atoms with van der Waals surface area (Å²) in [5.74, 6) is -0.537. The minimum atomic E-state index is -3.61. The predicted molar refractivity (Wildman–Crippen MR) is 136 cm³/mol. The maximum absolute atomic E-state index is 11.5. The van der Waals surface area contributed by atoms with Crippen molar-refractivity contribution in [2.75, 3.05) is 24.5 Å². The minimum Gasteiger partial charge on any atom is -0.391 e. The Labute approximate surface area is 211 Å². The standard InChI is InChI=1S/C12H16O5S2.C9H11NO.CH3ClO2S/c1-18(13,14)8-11-10-6-4-3-5-9(10)7-12(11)17-19(2,15)16;10-9-7-4-2-1-3-6(7)5-8(9)11;1-5(2,3)4/h3-6,11-12H,7-8H2,1-2H3;1-4,8-9,11H,5,10H2;1H3/t11-,12+;8-,9+;/m10./s1. The van der Waals surface area contributed by atoms with Crippen molar-refractivity contribution >= 4 is 39.7 Å². The van der Waals surface area contributed by atoms with Crippen LogP contribution in [-0.2, 0) is 46.0 Å². The fourth-order valence-corrected chi connectivity index (χ4v) is 5.79. The number of halogens is 1. The SMILES string of the molecule is CS(=O)(=O)C[C@@H]1c2ccccc2C[C@@H]1OS(C)(=O)=O.CS(=O)(=O)Cl.N[C@@H]1c2ccccc2C[C@@H]1O. The van der Waals surface area contributed by atoms with E-state index in [4.69, 9.17) is 9.92 Å². The Morgan fingerprint density at radius 3 is 1.80 bits per heavy atom. The summed E-state index contributed by atoms with van der Waals surface area (Å²) in [6, 6.07) is 15.1. The first-order valence-corrected chi connectivity index (χ1v) is 17.1. The first-order valence-electron chi connectivity index (χ1n) is 10.5. The molecule has 0 aliphatic heterocycles. The summed E-state index contributed by atoms with van der Waals surface area (Å²) in [7, 11) is -5.51. The van der Waals surface area contributed by atoms with E-state index in [2.05, 4.69) is 10.7 Å². The summed E-state index contributed by atoms with van der Waals surface area (Å²) >= 11 is 0. The summed E-state index contributed by atoms with van der Waals surface area (Å²) in [5.41, 5.74) is 9.84. The zero-order valence-corrected chi connectivity index (χ0v) is 22.7. The lowest BCUT2D eigenvalue weighted by atomic mass is 10.0. The quantitative estimate of drug-likeness (QED) is 0.412. The molecule has 0 heterocycles. The van der Waals surface area contributed by atoms with Gasteiger partial charge in [0.15, 0.2) is 0 Å². The van der Waals surface area contributed by atoms with Crippen molar-refractivity contribution in [3.05, 3.63) is 70.8 Å². The van der Waals surface area contributed by atoms with Crippen molar-refractivity contribution in [3.8, 4) is 0 Å². The monoisotopic (exact) mass is 567 g/mol. The second-order valence-electron chi connectivity index (χ2n) is 8.62. The number of hydrogen-bond acceptors (Lipinski definition) is 9. The fourth-order valence-electron chi connectivity index (χ4n) is 4.09. The lowest BCUT2D eigenvalue weighted by Crippen LogP contribution is -2.27. The summed E-state index contributed by atoms with van der Waals surface area (Å²) in [6.45, 7) is 0. The highest BCUT2D eigenvalue weighted by atomic mass is 35.7. The molecule has 13 heteroatoms. The molecule has 0 unspecified atom stereocenters. The van der Waals surface area contributed by atoms with Gasteiger partial charge in [0.1, 0.15) is 9.84 Å². The van der Waals surface area contributed by atoms with Crippen LogP contribution in [0.15, 0.2) is 48.5 Å². The van der Waals surface area contributed by atoms with Gasteiger partial charge in [-0.05, 0) is 22.3 Å². The van der Waals surface area contributed by atoms with Crippen LogP contribution in [0, 0.1) is 0 Å². The Balaban J connectivity index is 0.000000226. The molecular weight excluding hydrogens is 538 g/mol. The van der Waals surface area contributed by atoms with Crippen molar-refractivity contribution < 1.29 is 34.5 Å². The van der Waals surface area contributed by atoms with Gasteiger partial charge >= 0.3 is 0 Å². The molecule has 2 aliphatic carbocycles. The summed E-state index contributed by atoms with van der Waals surface area (Å²) in [6.07, 6.45) is 3.16. The predicted octanol–water partition coefficient (Wildman–Crippen LogP) is 1.50. The van der Waals surface area contributed by atoms with Gasteiger partial charge in [-0.25, -0.2) is 16.8 Å². The Bertz CT molecular complexity index is 1340. The zero-order valence-electron chi connectivity index (χ0n) is 19.5. The third-order valence-electron chi connectivity index (χ3n) is 5.36. The molecule has 9 nitrogen and oxygen atoms in total. The maximum atomic E-state index is 11.5. The van der Waals surface area contributed by atoms with E-state index in [1.165, 1.54) is 5.56 Å². The van der Waals surface area contributed by atoms with Crippen LogP contribution >= 0.6 is 10.7 Å². The van der Waals surface area contributed by atoms with Crippen molar-refractivity contribution in [2.45, 2.75) is 37.0 Å². The molecule has 2 aromatic carbocycles. The highest BCUT2D eigenvalue weighted by Crippen LogP contribution is 2.36. The number of nitrogens with two attached hydrogens (primary N) is 1. The molecule has 0 bridgehead atoms. The van der Waals surface area contributed by atoms with E-state index in [-0.39, 0.29) is 17.9 Å². The van der Waals surface area contributed by atoms with Gasteiger partial charge < -0.3 is 10.8 Å². The first-order chi connectivity index (χ1) is 15.9. The van der Waals surface area contributed by atoms with Crippen LogP contribution in [0.1, 0.15) is 34.2 Å². The maximum Gasteiger partial charge on any atom is 0.264 e. The lowest BCUT2D eigenvalue weighted by molar-refractivity contribution is 0.158. The Morgan fingerprint density at radius 2 is 1.34 bits per heavy atom. The first kappa shape index (κ1) is 29.7. The number of fused-ring (bicyclic) bond motifs is 2. The van der Waals surface area contributed by atoms with Gasteiger partial charge in [-0.3, -0.25) is 4.18 Å². The highest BCUT2D eigenvalue weighted by molar-refractivity contribution is 8.13. The van der Waals surface area contributed by atoms with E-state index in [9.17, 15) is 30.4 Å². The van der Waals surface area contributed by atoms with Crippen molar-refractivity contribution in [1.29, 1.82) is 0 Å². The van der Waals surface area contributed by atoms with Crippen LogP contribution in [0.25, 0.3) is 0 Å². The normalized spacial score (nSPS) is 23.3. The van der Waals surface area contributed by atoms with E-state index >= 15 is 0 Å². The fraction of sp³-hybridized carbons (Fsp3) is 0.455. The van der Waals surface area contributed by atoms with Gasteiger partial charge in [-0.1, -0.05) is 48.5 Å². The van der Waals surface area contributed by atoms with E-state index in [1.807, 2.05) is 48.5 Å².